The number of ether oxygens (including phenoxy) is 2. The van der Waals surface area contributed by atoms with Gasteiger partial charge in [-0.3, -0.25) is 4.79 Å². The van der Waals surface area contributed by atoms with Crippen LogP contribution in [0.2, 0.25) is 0 Å². The Hall–Kier alpha value is -3.22. The number of fused-ring (bicyclic) bond motifs is 1. The van der Waals surface area contributed by atoms with Crippen LogP contribution in [0, 0.1) is 0 Å². The summed E-state index contributed by atoms with van der Waals surface area (Å²) in [6.07, 6.45) is 0.445. The monoisotopic (exact) mass is 370 g/mol. The summed E-state index contributed by atoms with van der Waals surface area (Å²) < 4.78 is 11.4. The number of nitrogens with zero attached hydrogens (tertiary/aromatic N) is 1. The summed E-state index contributed by atoms with van der Waals surface area (Å²) in [5.41, 5.74) is 3.75. The largest absolute Gasteiger partial charge is 0.508 e. The van der Waals surface area contributed by atoms with Crippen molar-refractivity contribution in [2.75, 3.05) is 6.61 Å². The number of hydrogen-bond donors (Lipinski definition) is 3. The molecule has 7 nitrogen and oxygen atoms in total. The molecule has 142 valence electrons. The molecule has 0 bridgehead atoms. The number of phenolic OH excluding ortho intramolecular Hbond substituents is 2. The highest BCUT2D eigenvalue weighted by molar-refractivity contribution is 5.86. The Labute approximate surface area is 157 Å². The number of carbonyl (C=O) groups excluding carboxylic acids is 1. The molecule has 1 heterocycles. The van der Waals surface area contributed by atoms with E-state index in [1.165, 1.54) is 24.4 Å². The van der Waals surface area contributed by atoms with E-state index in [1.54, 1.807) is 0 Å². The smallest absolute Gasteiger partial charge is 0.284 e. The van der Waals surface area contributed by atoms with Crippen molar-refractivity contribution in [1.29, 1.82) is 0 Å². The Bertz CT molecular complexity index is 886. The zero-order valence-corrected chi connectivity index (χ0v) is 15.4. The lowest BCUT2D eigenvalue weighted by atomic mass is 9.87. The Morgan fingerprint density at radius 1 is 1.19 bits per heavy atom. The van der Waals surface area contributed by atoms with Crippen molar-refractivity contribution in [1.82, 2.24) is 5.43 Å². The summed E-state index contributed by atoms with van der Waals surface area (Å²) in [7, 11) is 0. The number of amides is 1. The zero-order chi connectivity index (χ0) is 19.6. The molecule has 1 aliphatic heterocycles. The molecule has 1 unspecified atom stereocenters. The number of nitrogens with one attached hydrogen (secondary N) is 1. The van der Waals surface area contributed by atoms with Gasteiger partial charge in [-0.05, 0) is 35.2 Å². The van der Waals surface area contributed by atoms with Crippen molar-refractivity contribution in [3.63, 3.8) is 0 Å². The maximum atomic E-state index is 12.3. The molecule has 7 heteroatoms. The molecule has 0 aliphatic carbocycles. The van der Waals surface area contributed by atoms with Crippen LogP contribution in [-0.4, -0.2) is 35.0 Å². The van der Waals surface area contributed by atoms with Crippen LogP contribution in [0.15, 0.2) is 41.5 Å². The van der Waals surface area contributed by atoms with E-state index in [0.717, 1.165) is 5.56 Å². The van der Waals surface area contributed by atoms with Crippen molar-refractivity contribution in [3.05, 3.63) is 47.5 Å². The molecule has 2 aromatic carbocycles. The zero-order valence-electron chi connectivity index (χ0n) is 15.4. The molecular formula is C20H22N2O5. The third-order valence-electron chi connectivity index (χ3n) is 4.15. The van der Waals surface area contributed by atoms with Crippen LogP contribution in [-0.2, 0) is 10.2 Å². The van der Waals surface area contributed by atoms with E-state index in [9.17, 15) is 15.0 Å². The molecule has 3 rings (SSSR count). The van der Waals surface area contributed by atoms with E-state index in [1.807, 2.05) is 18.2 Å². The number of benzene rings is 2. The van der Waals surface area contributed by atoms with Crippen molar-refractivity contribution >= 4 is 12.1 Å². The Morgan fingerprint density at radius 3 is 2.67 bits per heavy atom. The molecule has 0 radical (unpaired) electrons. The van der Waals surface area contributed by atoms with Crippen LogP contribution in [0.25, 0.3) is 0 Å². The highest BCUT2D eigenvalue weighted by atomic mass is 16.6. The highest BCUT2D eigenvalue weighted by Gasteiger charge is 2.28. The third-order valence-corrected chi connectivity index (χ3v) is 4.15. The second-order valence-corrected chi connectivity index (χ2v) is 7.31. The van der Waals surface area contributed by atoms with Gasteiger partial charge in [0, 0.05) is 11.6 Å². The number of rotatable bonds is 3. The second-order valence-electron chi connectivity index (χ2n) is 7.31. The Morgan fingerprint density at radius 2 is 1.96 bits per heavy atom. The summed E-state index contributed by atoms with van der Waals surface area (Å²) in [5.74, 6) is 0.457. The van der Waals surface area contributed by atoms with E-state index in [0.29, 0.717) is 17.1 Å². The van der Waals surface area contributed by atoms with Crippen LogP contribution in [0.3, 0.4) is 0 Å². The molecule has 0 fully saturated rings. The predicted molar refractivity (Wildman–Crippen MR) is 101 cm³/mol. The standard InChI is InChI=1S/C20H22N2O5/c1-20(2,3)13-5-7-16-17(8-13)27-18(11-26-16)19(25)22-21-10-12-4-6-14(23)9-15(12)24/h4-10,18,23-24H,11H2,1-3H3,(H,22,25). The molecule has 0 aromatic heterocycles. The first-order chi connectivity index (χ1) is 12.7. The summed E-state index contributed by atoms with van der Waals surface area (Å²) >= 11 is 0. The van der Waals surface area contributed by atoms with Crippen LogP contribution in [0.1, 0.15) is 31.9 Å². The third kappa shape index (κ3) is 4.31. The van der Waals surface area contributed by atoms with Gasteiger partial charge in [-0.1, -0.05) is 26.8 Å². The maximum Gasteiger partial charge on any atom is 0.284 e. The maximum absolute atomic E-state index is 12.3. The lowest BCUT2D eigenvalue weighted by Crippen LogP contribution is -2.42. The van der Waals surface area contributed by atoms with Gasteiger partial charge in [0.15, 0.2) is 11.5 Å². The fourth-order valence-corrected chi connectivity index (χ4v) is 2.55. The molecular weight excluding hydrogens is 348 g/mol. The molecule has 2 aromatic rings. The van der Waals surface area contributed by atoms with Crippen molar-refractivity contribution in [3.8, 4) is 23.0 Å². The quantitative estimate of drug-likeness (QED) is 0.570. The van der Waals surface area contributed by atoms with Gasteiger partial charge in [0.05, 0.1) is 6.21 Å². The first-order valence-electron chi connectivity index (χ1n) is 8.53. The fraction of sp³-hybridized carbons (Fsp3) is 0.300. The molecule has 1 amide bonds. The minimum Gasteiger partial charge on any atom is -0.508 e. The van der Waals surface area contributed by atoms with E-state index in [2.05, 4.69) is 31.3 Å². The molecule has 0 saturated carbocycles. The number of carbonyl (C=O) groups is 1. The van der Waals surface area contributed by atoms with E-state index >= 15 is 0 Å². The number of hydrazone groups is 1. The minimum absolute atomic E-state index is 0.0516. The van der Waals surface area contributed by atoms with Gasteiger partial charge in [-0.25, -0.2) is 5.43 Å². The molecule has 0 saturated heterocycles. The second kappa shape index (κ2) is 7.19. The summed E-state index contributed by atoms with van der Waals surface area (Å²) in [6, 6.07) is 9.78. The Kier molecular flexibility index (Phi) is 4.94. The minimum atomic E-state index is -0.835. The molecule has 27 heavy (non-hydrogen) atoms. The van der Waals surface area contributed by atoms with Crippen LogP contribution >= 0.6 is 0 Å². The van der Waals surface area contributed by atoms with Crippen LogP contribution in [0.5, 0.6) is 23.0 Å². The number of hydrogen-bond acceptors (Lipinski definition) is 6. The summed E-state index contributed by atoms with van der Waals surface area (Å²) in [6.45, 7) is 6.36. The molecule has 3 N–H and O–H groups in total. The molecule has 1 atom stereocenters. The van der Waals surface area contributed by atoms with Gasteiger partial charge in [0.1, 0.15) is 18.1 Å². The Balaban J connectivity index is 1.66. The fourth-order valence-electron chi connectivity index (χ4n) is 2.55. The molecule has 0 spiro atoms. The molecule has 1 aliphatic rings. The van der Waals surface area contributed by atoms with Crippen LogP contribution in [0.4, 0.5) is 0 Å². The van der Waals surface area contributed by atoms with E-state index in [4.69, 9.17) is 9.47 Å². The van der Waals surface area contributed by atoms with Gasteiger partial charge in [0.25, 0.3) is 5.91 Å². The van der Waals surface area contributed by atoms with E-state index in [-0.39, 0.29) is 23.5 Å². The SMILES string of the molecule is CC(C)(C)c1ccc2c(c1)OC(C(=O)NN=Cc1ccc(O)cc1O)CO2. The van der Waals surface area contributed by atoms with Crippen molar-refractivity contribution < 1.29 is 24.5 Å². The topological polar surface area (TPSA) is 100 Å². The average Bonchev–Trinajstić information content (AvgIpc) is 2.61. The predicted octanol–water partition coefficient (Wildman–Crippen LogP) is 2.69. The van der Waals surface area contributed by atoms with Crippen LogP contribution < -0.4 is 14.9 Å². The summed E-state index contributed by atoms with van der Waals surface area (Å²) in [4.78, 5) is 12.3. The van der Waals surface area contributed by atoms with Gasteiger partial charge >= 0.3 is 0 Å². The summed E-state index contributed by atoms with van der Waals surface area (Å²) in [5, 5.41) is 22.8. The average molecular weight is 370 g/mol. The lowest BCUT2D eigenvalue weighted by molar-refractivity contribution is -0.130. The van der Waals surface area contributed by atoms with Gasteiger partial charge in [-0.2, -0.15) is 5.10 Å². The lowest BCUT2D eigenvalue weighted by Gasteiger charge is -2.27. The first kappa shape index (κ1) is 18.6. The highest BCUT2D eigenvalue weighted by Crippen LogP contribution is 2.36. The normalized spacial score (nSPS) is 16.3. The van der Waals surface area contributed by atoms with Gasteiger partial charge < -0.3 is 19.7 Å². The number of phenols is 2. The number of aromatic hydroxyl groups is 2. The van der Waals surface area contributed by atoms with Crippen molar-refractivity contribution in [2.24, 2.45) is 5.10 Å². The first-order valence-corrected chi connectivity index (χ1v) is 8.53. The van der Waals surface area contributed by atoms with Gasteiger partial charge in [0.2, 0.25) is 6.10 Å². The van der Waals surface area contributed by atoms with E-state index < -0.39 is 12.0 Å². The van der Waals surface area contributed by atoms with Crippen molar-refractivity contribution in [2.45, 2.75) is 32.3 Å². The van der Waals surface area contributed by atoms with Gasteiger partial charge in [-0.15, -0.1) is 0 Å².